The van der Waals surface area contributed by atoms with E-state index in [9.17, 15) is 32.9 Å². The van der Waals surface area contributed by atoms with Gasteiger partial charge in [0, 0.05) is 58.0 Å². The van der Waals surface area contributed by atoms with Crippen LogP contribution in [0.5, 0.6) is 0 Å². The molecule has 4 amide bonds. The number of benzene rings is 2. The molecule has 2 aromatic carbocycles. The number of rotatable bonds is 3. The average molecular weight is 528 g/mol. The molecular formula is C24H25N5O7S. The summed E-state index contributed by atoms with van der Waals surface area (Å²) in [4.78, 5) is 54.5. The molecule has 0 aliphatic carbocycles. The number of piperazine rings is 1. The first-order valence-electron chi connectivity index (χ1n) is 11.6. The summed E-state index contributed by atoms with van der Waals surface area (Å²) in [5, 5.41) is 11.4. The standard InChI is InChI=1S/C24H25N5O7S/c1-15-4-7-18(8-5-15)37(35,36)27-10-11-28-19-9-6-17(29(33)34)12-16(19)13-24(20(28)14-27)21(30)25(2)23(32)26(3)22(24)31/h4-9,12,20H,10-11,13-14H2,1-3H3. The van der Waals surface area contributed by atoms with Crippen molar-refractivity contribution in [2.75, 3.05) is 38.6 Å². The third-order valence-corrected chi connectivity index (χ3v) is 9.45. The monoisotopic (exact) mass is 527 g/mol. The second kappa shape index (κ2) is 8.35. The lowest BCUT2D eigenvalue weighted by Crippen LogP contribution is -2.74. The Kier molecular flexibility index (Phi) is 5.60. The van der Waals surface area contributed by atoms with Crippen LogP contribution in [0.3, 0.4) is 0 Å². The SMILES string of the molecule is Cc1ccc(S(=O)(=O)N2CCN3c4ccc([N+](=O)[O-])cc4CC4(C(=O)N(C)C(=O)N(C)C4=O)C3C2)cc1. The van der Waals surface area contributed by atoms with Gasteiger partial charge >= 0.3 is 6.03 Å². The highest BCUT2D eigenvalue weighted by molar-refractivity contribution is 7.89. The van der Waals surface area contributed by atoms with E-state index in [1.807, 2.05) is 6.92 Å². The second-order valence-corrected chi connectivity index (χ2v) is 11.6. The number of fused-ring (bicyclic) bond motifs is 4. The van der Waals surface area contributed by atoms with Gasteiger partial charge < -0.3 is 4.90 Å². The van der Waals surface area contributed by atoms with Crippen molar-refractivity contribution in [3.63, 3.8) is 0 Å². The Labute approximate surface area is 213 Å². The molecule has 2 fully saturated rings. The lowest BCUT2D eigenvalue weighted by molar-refractivity contribution is -0.384. The molecule has 0 saturated carbocycles. The minimum Gasteiger partial charge on any atom is -0.364 e. The molecule has 0 bridgehead atoms. The molecule has 13 heteroatoms. The Hall–Kier alpha value is -3.84. The maximum Gasteiger partial charge on any atom is 0.332 e. The number of nitrogens with zero attached hydrogens (tertiary/aromatic N) is 5. The van der Waals surface area contributed by atoms with Crippen LogP contribution in [0.4, 0.5) is 16.2 Å². The first-order valence-corrected chi connectivity index (χ1v) is 13.0. The summed E-state index contributed by atoms with van der Waals surface area (Å²) in [5.74, 6) is -1.52. The van der Waals surface area contributed by atoms with E-state index in [0.29, 0.717) is 11.3 Å². The van der Waals surface area contributed by atoms with E-state index >= 15 is 0 Å². The topological polar surface area (TPSA) is 141 Å². The van der Waals surface area contributed by atoms with Crippen LogP contribution < -0.4 is 4.90 Å². The predicted octanol–water partition coefficient (Wildman–Crippen LogP) is 1.38. The molecule has 0 aromatic heterocycles. The van der Waals surface area contributed by atoms with Gasteiger partial charge in [0.15, 0.2) is 5.41 Å². The highest BCUT2D eigenvalue weighted by atomic mass is 32.2. The fraction of sp³-hybridized carbons (Fsp3) is 0.375. The van der Waals surface area contributed by atoms with E-state index in [1.165, 1.54) is 42.7 Å². The van der Waals surface area contributed by atoms with Crippen LogP contribution in [0, 0.1) is 22.5 Å². The normalized spacial score (nSPS) is 21.8. The van der Waals surface area contributed by atoms with E-state index in [1.54, 1.807) is 23.1 Å². The third kappa shape index (κ3) is 3.52. The van der Waals surface area contributed by atoms with Gasteiger partial charge in [-0.2, -0.15) is 4.31 Å². The van der Waals surface area contributed by atoms with E-state index in [0.717, 1.165) is 15.4 Å². The van der Waals surface area contributed by atoms with Crippen molar-refractivity contribution in [2.45, 2.75) is 24.3 Å². The molecule has 3 heterocycles. The Balaban J connectivity index is 1.65. The zero-order valence-corrected chi connectivity index (χ0v) is 21.3. The molecule has 3 aliphatic heterocycles. The average Bonchev–Trinajstić information content (AvgIpc) is 2.89. The van der Waals surface area contributed by atoms with Gasteiger partial charge in [0.2, 0.25) is 21.8 Å². The third-order valence-electron chi connectivity index (χ3n) is 7.57. The molecule has 1 spiro atoms. The van der Waals surface area contributed by atoms with Crippen molar-refractivity contribution >= 4 is 39.2 Å². The van der Waals surface area contributed by atoms with E-state index < -0.39 is 44.2 Å². The smallest absolute Gasteiger partial charge is 0.332 e. The van der Waals surface area contributed by atoms with Crippen molar-refractivity contribution in [2.24, 2.45) is 5.41 Å². The number of sulfonamides is 1. The van der Waals surface area contributed by atoms with Crippen LogP contribution in [0.25, 0.3) is 0 Å². The zero-order chi connectivity index (χ0) is 26.9. The minimum absolute atomic E-state index is 0.0756. The number of nitro benzene ring substituents is 1. The molecule has 3 aliphatic rings. The fourth-order valence-corrected chi connectivity index (χ4v) is 7.03. The van der Waals surface area contributed by atoms with Gasteiger partial charge in [0.25, 0.3) is 5.69 Å². The number of carbonyl (C=O) groups is 3. The number of carbonyl (C=O) groups excluding carboxylic acids is 3. The van der Waals surface area contributed by atoms with Crippen molar-refractivity contribution in [3.8, 4) is 0 Å². The Morgan fingerprint density at radius 3 is 2.19 bits per heavy atom. The largest absolute Gasteiger partial charge is 0.364 e. The van der Waals surface area contributed by atoms with Gasteiger partial charge in [0.1, 0.15) is 0 Å². The summed E-state index contributed by atoms with van der Waals surface area (Å²) in [6.45, 7) is 1.88. The molecule has 5 rings (SSSR count). The molecule has 2 aromatic rings. The summed E-state index contributed by atoms with van der Waals surface area (Å²) >= 11 is 0. The molecule has 37 heavy (non-hydrogen) atoms. The van der Waals surface area contributed by atoms with Gasteiger partial charge in [-0.05, 0) is 30.7 Å². The number of urea groups is 1. The molecule has 0 N–H and O–H groups in total. The first-order chi connectivity index (χ1) is 17.4. The van der Waals surface area contributed by atoms with Crippen molar-refractivity contribution in [1.82, 2.24) is 14.1 Å². The van der Waals surface area contributed by atoms with Gasteiger partial charge in [-0.15, -0.1) is 0 Å². The van der Waals surface area contributed by atoms with Crippen LogP contribution in [0.2, 0.25) is 0 Å². The predicted molar refractivity (Wildman–Crippen MR) is 131 cm³/mol. The number of hydrogen-bond acceptors (Lipinski definition) is 8. The van der Waals surface area contributed by atoms with Gasteiger partial charge in [-0.25, -0.2) is 13.2 Å². The molecule has 12 nitrogen and oxygen atoms in total. The molecule has 1 unspecified atom stereocenters. The summed E-state index contributed by atoms with van der Waals surface area (Å²) in [6, 6.07) is 8.92. The maximum atomic E-state index is 13.7. The summed E-state index contributed by atoms with van der Waals surface area (Å²) in [6.07, 6.45) is -0.205. The van der Waals surface area contributed by atoms with Crippen molar-refractivity contribution in [1.29, 1.82) is 0 Å². The van der Waals surface area contributed by atoms with Crippen molar-refractivity contribution in [3.05, 3.63) is 63.7 Å². The molecule has 1 atom stereocenters. The first kappa shape index (κ1) is 24.8. The Morgan fingerprint density at radius 1 is 0.973 bits per heavy atom. The van der Waals surface area contributed by atoms with Crippen LogP contribution in [-0.4, -0.2) is 85.1 Å². The summed E-state index contributed by atoms with van der Waals surface area (Å²) < 4.78 is 28.3. The number of imide groups is 2. The van der Waals surface area contributed by atoms with E-state index in [-0.39, 0.29) is 36.6 Å². The molecule has 2 saturated heterocycles. The minimum atomic E-state index is -3.95. The zero-order valence-electron chi connectivity index (χ0n) is 20.4. The Bertz CT molecular complexity index is 1430. The summed E-state index contributed by atoms with van der Waals surface area (Å²) in [5.41, 5.74) is -0.132. The van der Waals surface area contributed by atoms with Crippen LogP contribution >= 0.6 is 0 Å². The number of amides is 4. The van der Waals surface area contributed by atoms with Crippen molar-refractivity contribution < 1.29 is 27.7 Å². The highest BCUT2D eigenvalue weighted by Gasteiger charge is 2.64. The quantitative estimate of drug-likeness (QED) is 0.331. The number of aryl methyl sites for hydroxylation is 1. The summed E-state index contributed by atoms with van der Waals surface area (Å²) in [7, 11) is -1.41. The molecule has 0 radical (unpaired) electrons. The lowest BCUT2D eigenvalue weighted by Gasteiger charge is -2.55. The number of nitro groups is 1. The molecular weight excluding hydrogens is 502 g/mol. The van der Waals surface area contributed by atoms with Crippen LogP contribution in [-0.2, 0) is 26.0 Å². The Morgan fingerprint density at radius 2 is 1.59 bits per heavy atom. The number of barbiturate groups is 1. The highest BCUT2D eigenvalue weighted by Crippen LogP contribution is 2.48. The molecule has 194 valence electrons. The fourth-order valence-electron chi connectivity index (χ4n) is 5.60. The number of hydrogen-bond donors (Lipinski definition) is 0. The van der Waals surface area contributed by atoms with E-state index in [4.69, 9.17) is 0 Å². The van der Waals surface area contributed by atoms with Gasteiger partial charge in [-0.1, -0.05) is 17.7 Å². The lowest BCUT2D eigenvalue weighted by atomic mass is 9.67. The van der Waals surface area contributed by atoms with E-state index in [2.05, 4.69) is 0 Å². The van der Waals surface area contributed by atoms with Crippen LogP contribution in [0.1, 0.15) is 11.1 Å². The van der Waals surface area contributed by atoms with Gasteiger partial charge in [0.05, 0.1) is 15.9 Å². The number of anilines is 1. The maximum absolute atomic E-state index is 13.7. The van der Waals surface area contributed by atoms with Gasteiger partial charge in [-0.3, -0.25) is 29.5 Å². The number of non-ortho nitro benzene ring substituents is 1. The second-order valence-electron chi connectivity index (χ2n) is 9.61. The van der Waals surface area contributed by atoms with Crippen LogP contribution in [0.15, 0.2) is 47.4 Å².